The lowest BCUT2D eigenvalue weighted by Crippen LogP contribution is -2.25. The first-order valence-electron chi connectivity index (χ1n) is 4.92. The number of rotatable bonds is 2. The summed E-state index contributed by atoms with van der Waals surface area (Å²) in [6.07, 6.45) is 0. The topological polar surface area (TPSA) is 35.5 Å². The van der Waals surface area contributed by atoms with Crippen LogP contribution in [0.5, 0.6) is 5.75 Å². The van der Waals surface area contributed by atoms with Gasteiger partial charge in [-0.2, -0.15) is 0 Å². The van der Waals surface area contributed by atoms with E-state index in [0.29, 0.717) is 12.2 Å². The second-order valence-electron chi connectivity index (χ2n) is 3.49. The Bertz CT molecular complexity index is 428. The molecule has 0 amide bonds. The predicted molar refractivity (Wildman–Crippen MR) is 62.5 cm³/mol. The number of carbonyl (C=O) groups excluding carboxylic acids is 1. The lowest BCUT2D eigenvalue weighted by atomic mass is 10.3. The molecule has 0 aliphatic carbocycles. The number of thioether (sulfide) groups is 1. The van der Waals surface area contributed by atoms with E-state index >= 15 is 0 Å². The number of hydrogen-bond acceptors (Lipinski definition) is 4. The van der Waals surface area contributed by atoms with Crippen molar-refractivity contribution in [3.63, 3.8) is 0 Å². The maximum atomic E-state index is 11.3. The first kappa shape index (κ1) is 11.1. The molecule has 1 unspecified atom stereocenters. The zero-order chi connectivity index (χ0) is 11.5. The molecule has 2 rings (SSSR count). The van der Waals surface area contributed by atoms with Gasteiger partial charge in [0.05, 0.1) is 4.90 Å². The monoisotopic (exact) mass is 236 g/mol. The Balaban J connectivity index is 2.03. The second kappa shape index (κ2) is 4.61. The van der Waals surface area contributed by atoms with E-state index in [9.17, 15) is 4.79 Å². The Hall–Kier alpha value is -1.42. The molecule has 0 saturated heterocycles. The van der Waals surface area contributed by atoms with E-state index in [2.05, 4.69) is 6.58 Å². The molecular formula is C12H12O3S. The molecule has 0 aromatic heterocycles. The summed E-state index contributed by atoms with van der Waals surface area (Å²) in [5, 5.41) is 0. The molecule has 84 valence electrons. The lowest BCUT2D eigenvalue weighted by Gasteiger charge is -2.24. The Labute approximate surface area is 98.4 Å². The number of hydrogen-bond donors (Lipinski definition) is 0. The van der Waals surface area contributed by atoms with Gasteiger partial charge in [0.2, 0.25) is 0 Å². The van der Waals surface area contributed by atoms with Crippen molar-refractivity contribution < 1.29 is 14.3 Å². The quantitative estimate of drug-likeness (QED) is 0.584. The zero-order valence-corrected chi connectivity index (χ0v) is 9.75. The third kappa shape index (κ3) is 2.39. The fraction of sp³-hybridized carbons (Fsp3) is 0.250. The van der Waals surface area contributed by atoms with Crippen LogP contribution in [-0.2, 0) is 9.53 Å². The average molecular weight is 236 g/mol. The van der Waals surface area contributed by atoms with Crippen LogP contribution in [0.3, 0.4) is 0 Å². The van der Waals surface area contributed by atoms with Gasteiger partial charge in [-0.25, -0.2) is 4.79 Å². The molecule has 3 nitrogen and oxygen atoms in total. The van der Waals surface area contributed by atoms with Gasteiger partial charge in [-0.15, -0.1) is 0 Å². The van der Waals surface area contributed by atoms with Gasteiger partial charge in [-0.3, -0.25) is 0 Å². The smallest absolute Gasteiger partial charge is 0.334 e. The Morgan fingerprint density at radius 2 is 2.31 bits per heavy atom. The molecule has 4 heteroatoms. The predicted octanol–water partition coefficient (Wildman–Crippen LogP) is 2.62. The molecule has 0 bridgehead atoms. The van der Waals surface area contributed by atoms with Gasteiger partial charge in [-0.1, -0.05) is 30.5 Å². The molecule has 0 fully saturated rings. The molecule has 1 aromatic carbocycles. The SMILES string of the molecule is C=C(C)C(=O)OC1COc2ccccc2S1. The Morgan fingerprint density at radius 3 is 3.06 bits per heavy atom. The molecule has 16 heavy (non-hydrogen) atoms. The second-order valence-corrected chi connectivity index (χ2v) is 4.69. The van der Waals surface area contributed by atoms with Crippen LogP contribution in [0.1, 0.15) is 6.92 Å². The van der Waals surface area contributed by atoms with Gasteiger partial charge in [-0.05, 0) is 19.1 Å². The largest absolute Gasteiger partial charge is 0.488 e. The molecule has 1 aromatic rings. The Kier molecular flexibility index (Phi) is 3.19. The summed E-state index contributed by atoms with van der Waals surface area (Å²) in [5.74, 6) is 0.468. The van der Waals surface area contributed by atoms with Gasteiger partial charge < -0.3 is 9.47 Å². The van der Waals surface area contributed by atoms with Crippen LogP contribution in [0.15, 0.2) is 41.3 Å². The zero-order valence-electron chi connectivity index (χ0n) is 8.93. The van der Waals surface area contributed by atoms with E-state index in [1.807, 2.05) is 24.3 Å². The number of benzene rings is 1. The van der Waals surface area contributed by atoms with Gasteiger partial charge in [0.25, 0.3) is 0 Å². The van der Waals surface area contributed by atoms with E-state index in [-0.39, 0.29) is 11.4 Å². The highest BCUT2D eigenvalue weighted by molar-refractivity contribution is 8.00. The van der Waals surface area contributed by atoms with Gasteiger partial charge in [0.1, 0.15) is 12.4 Å². The molecule has 0 spiro atoms. The van der Waals surface area contributed by atoms with Crippen LogP contribution in [0.25, 0.3) is 0 Å². The summed E-state index contributed by atoms with van der Waals surface area (Å²) in [4.78, 5) is 12.3. The normalized spacial score (nSPS) is 18.2. The number of para-hydroxylation sites is 1. The molecule has 1 atom stereocenters. The summed E-state index contributed by atoms with van der Waals surface area (Å²) in [6, 6.07) is 7.69. The molecule has 0 radical (unpaired) electrons. The van der Waals surface area contributed by atoms with Crippen molar-refractivity contribution >= 4 is 17.7 Å². The lowest BCUT2D eigenvalue weighted by molar-refractivity contribution is -0.141. The van der Waals surface area contributed by atoms with Gasteiger partial charge in [0.15, 0.2) is 5.44 Å². The van der Waals surface area contributed by atoms with Crippen LogP contribution >= 0.6 is 11.8 Å². The standard InChI is InChI=1S/C12H12O3S/c1-8(2)12(13)15-11-7-14-9-5-3-4-6-10(9)16-11/h3-6,11H,1,7H2,2H3. The minimum atomic E-state index is -0.375. The van der Waals surface area contributed by atoms with Crippen molar-refractivity contribution in [2.75, 3.05) is 6.61 Å². The van der Waals surface area contributed by atoms with E-state index in [0.717, 1.165) is 10.6 Å². The van der Waals surface area contributed by atoms with Crippen molar-refractivity contribution in [2.24, 2.45) is 0 Å². The van der Waals surface area contributed by atoms with Gasteiger partial charge >= 0.3 is 5.97 Å². The number of carbonyl (C=O) groups is 1. The van der Waals surface area contributed by atoms with E-state index in [4.69, 9.17) is 9.47 Å². The minimum absolute atomic E-state index is 0.293. The summed E-state index contributed by atoms with van der Waals surface area (Å²) < 4.78 is 10.7. The van der Waals surface area contributed by atoms with Crippen LogP contribution < -0.4 is 4.74 Å². The first-order valence-corrected chi connectivity index (χ1v) is 5.80. The molecule has 1 aliphatic heterocycles. The third-order valence-corrected chi connectivity index (χ3v) is 3.16. The highest BCUT2D eigenvalue weighted by atomic mass is 32.2. The molecule has 0 N–H and O–H groups in total. The van der Waals surface area contributed by atoms with Crippen LogP contribution in [-0.4, -0.2) is 18.0 Å². The summed E-state index contributed by atoms with van der Waals surface area (Å²) in [6.45, 7) is 5.55. The molecule has 0 saturated carbocycles. The number of esters is 1. The van der Waals surface area contributed by atoms with E-state index < -0.39 is 0 Å². The molecular weight excluding hydrogens is 224 g/mol. The van der Waals surface area contributed by atoms with Crippen molar-refractivity contribution in [1.82, 2.24) is 0 Å². The maximum Gasteiger partial charge on any atom is 0.334 e. The minimum Gasteiger partial charge on any atom is -0.488 e. The van der Waals surface area contributed by atoms with Crippen molar-refractivity contribution in [2.45, 2.75) is 17.3 Å². The first-order chi connectivity index (χ1) is 7.66. The van der Waals surface area contributed by atoms with Crippen molar-refractivity contribution in [1.29, 1.82) is 0 Å². The highest BCUT2D eigenvalue weighted by Gasteiger charge is 2.23. The van der Waals surface area contributed by atoms with Gasteiger partial charge in [0, 0.05) is 5.57 Å². The van der Waals surface area contributed by atoms with Crippen molar-refractivity contribution in [3.8, 4) is 5.75 Å². The van der Waals surface area contributed by atoms with Crippen LogP contribution in [0, 0.1) is 0 Å². The average Bonchev–Trinajstić information content (AvgIpc) is 2.28. The fourth-order valence-electron chi connectivity index (χ4n) is 1.28. The van der Waals surface area contributed by atoms with E-state index in [1.165, 1.54) is 11.8 Å². The maximum absolute atomic E-state index is 11.3. The third-order valence-electron chi connectivity index (χ3n) is 2.07. The number of ether oxygens (including phenoxy) is 2. The summed E-state index contributed by atoms with van der Waals surface area (Å²) >= 11 is 1.49. The van der Waals surface area contributed by atoms with E-state index in [1.54, 1.807) is 6.92 Å². The van der Waals surface area contributed by atoms with Crippen LogP contribution in [0.4, 0.5) is 0 Å². The number of fused-ring (bicyclic) bond motifs is 1. The molecule has 1 aliphatic rings. The molecule has 1 heterocycles. The van der Waals surface area contributed by atoms with Crippen molar-refractivity contribution in [3.05, 3.63) is 36.4 Å². The summed E-state index contributed by atoms with van der Waals surface area (Å²) in [7, 11) is 0. The Morgan fingerprint density at radius 1 is 1.56 bits per heavy atom. The highest BCUT2D eigenvalue weighted by Crippen LogP contribution is 2.37. The summed E-state index contributed by atoms with van der Waals surface area (Å²) in [5.41, 5.74) is 0.110. The fourth-order valence-corrected chi connectivity index (χ4v) is 2.23. The van der Waals surface area contributed by atoms with Crippen LogP contribution in [0.2, 0.25) is 0 Å².